The Hall–Kier alpha value is 0.425. The maximum absolute atomic E-state index is 12.1. The van der Waals surface area contributed by atoms with Crippen molar-refractivity contribution in [3.05, 3.63) is 0 Å². The van der Waals surface area contributed by atoms with Gasteiger partial charge in [-0.3, -0.25) is 18.2 Å². The monoisotopic (exact) mass is 592 g/mol. The predicted octanol–water partition coefficient (Wildman–Crippen LogP) is -2.29. The van der Waals surface area contributed by atoms with Crippen LogP contribution in [0.15, 0.2) is 0 Å². The molecule has 0 amide bonds. The number of aliphatic hydroxyl groups excluding tert-OH is 4. The summed E-state index contributed by atoms with van der Waals surface area (Å²) in [4.78, 5) is 38.5. The molecule has 2 fully saturated rings. The van der Waals surface area contributed by atoms with Crippen molar-refractivity contribution in [2.24, 2.45) is 0 Å². The van der Waals surface area contributed by atoms with Crippen LogP contribution in [0.4, 0.5) is 0 Å². The lowest BCUT2D eigenvalue weighted by Crippen LogP contribution is -2.34. The van der Waals surface area contributed by atoms with Gasteiger partial charge in [-0.25, -0.2) is 17.8 Å². The van der Waals surface area contributed by atoms with E-state index in [4.69, 9.17) is 17.3 Å². The molecule has 2 heterocycles. The average molecular weight is 592 g/mol. The maximum Gasteiger partial charge on any atom is 0.479 e. The minimum atomic E-state index is -5.53. The molecule has 2 aliphatic rings. The predicted molar refractivity (Wildman–Crippen MR) is 111 cm³/mol. The summed E-state index contributed by atoms with van der Waals surface area (Å²) in [6, 6.07) is -1.35. The Balaban J connectivity index is 1.89. The molecule has 2 rings (SSSR count). The maximum atomic E-state index is 12.1. The van der Waals surface area contributed by atoms with Crippen LogP contribution in [0.2, 0.25) is 0 Å². The van der Waals surface area contributed by atoms with Crippen LogP contribution >= 0.6 is 30.8 Å². The summed E-state index contributed by atoms with van der Waals surface area (Å²) in [6.45, 7) is -0.472. The van der Waals surface area contributed by atoms with Gasteiger partial charge in [0.25, 0.3) is 0 Å². The number of hydrogen-bond acceptors (Lipinski definition) is 14. The van der Waals surface area contributed by atoms with Crippen LogP contribution in [0.5, 0.6) is 0 Å². The van der Waals surface area contributed by atoms with E-state index in [1.54, 1.807) is 0 Å². The van der Waals surface area contributed by atoms with Crippen LogP contribution in [0.25, 0.3) is 0 Å². The Labute approximate surface area is 199 Å². The van der Waals surface area contributed by atoms with Crippen LogP contribution in [0.1, 0.15) is 6.92 Å². The molecule has 2 radical (unpaired) electrons. The van der Waals surface area contributed by atoms with Gasteiger partial charge in [0.15, 0.2) is 5.90 Å². The topological polar surface area (TPSA) is 285 Å². The molecule has 35 heavy (non-hydrogen) atoms. The third-order valence-corrected chi connectivity index (χ3v) is 12.1. The molecule has 0 spiro atoms. The van der Waals surface area contributed by atoms with E-state index < -0.39 is 98.7 Å². The molecule has 0 aromatic heterocycles. The second-order valence-electron chi connectivity index (χ2n) is 7.59. The van der Waals surface area contributed by atoms with Crippen molar-refractivity contribution < 1.29 is 85.4 Å². The first-order valence-corrected chi connectivity index (χ1v) is 16.1. The lowest BCUT2D eigenvalue weighted by Gasteiger charge is -2.22. The molecule has 0 aliphatic carbocycles. The molecule has 0 aromatic rings. The number of phosphoric acid groups is 2. The van der Waals surface area contributed by atoms with E-state index in [9.17, 15) is 58.3 Å². The second kappa shape index (κ2) is 11.7. The lowest BCUT2D eigenvalue weighted by molar-refractivity contribution is -0.0165. The first-order chi connectivity index (χ1) is 15.7. The van der Waals surface area contributed by atoms with E-state index in [2.05, 4.69) is 17.7 Å². The molecule has 8 N–H and O–H groups in total. The van der Waals surface area contributed by atoms with Crippen molar-refractivity contribution in [1.82, 2.24) is 0 Å². The van der Waals surface area contributed by atoms with Crippen molar-refractivity contribution in [2.45, 2.75) is 55.7 Å². The van der Waals surface area contributed by atoms with Crippen LogP contribution in [-0.2, 0) is 45.4 Å². The molecule has 2 aliphatic heterocycles. The molecule has 7 unspecified atom stereocenters. The summed E-state index contributed by atoms with van der Waals surface area (Å²) in [5.74, 6) is -1.97. The largest absolute Gasteiger partial charge is 0.479 e. The van der Waals surface area contributed by atoms with E-state index >= 15 is 0 Å². The normalized spacial score (nSPS) is 40.5. The van der Waals surface area contributed by atoms with Gasteiger partial charge in [0, 0.05) is 6.00 Å². The van der Waals surface area contributed by atoms with Gasteiger partial charge in [0.2, 0.25) is 0 Å². The van der Waals surface area contributed by atoms with Gasteiger partial charge in [-0.1, -0.05) is 0 Å². The minimum Gasteiger partial charge on any atom is -0.388 e. The van der Waals surface area contributed by atoms with Crippen LogP contribution in [0.3, 0.4) is 0 Å². The van der Waals surface area contributed by atoms with Gasteiger partial charge in [0.1, 0.15) is 38.4 Å². The second-order valence-corrected chi connectivity index (χ2v) is 15.0. The van der Waals surface area contributed by atoms with Gasteiger partial charge in [0.05, 0.1) is 25.4 Å². The summed E-state index contributed by atoms with van der Waals surface area (Å²) in [7, 11) is -16.6. The molecule has 0 bridgehead atoms. The third kappa shape index (κ3) is 9.29. The fraction of sp³-hybridized carbons (Fsp3) is 1.00. The number of rotatable bonds is 12. The molecule has 2 saturated heterocycles. The number of aliphatic hydroxyl groups is 4. The minimum absolute atomic E-state index is 0.861. The molecule has 18 nitrogen and oxygen atoms in total. The Morgan fingerprint density at radius 1 is 0.714 bits per heavy atom. The molecule has 23 heteroatoms. The quantitative estimate of drug-likeness (QED) is 0.0874. The Morgan fingerprint density at radius 3 is 1.46 bits per heavy atom. The first kappa shape index (κ1) is 31.6. The van der Waals surface area contributed by atoms with Gasteiger partial charge >= 0.3 is 30.8 Å². The molecule has 0 aromatic carbocycles. The van der Waals surface area contributed by atoms with E-state index in [1.807, 2.05) is 0 Å². The lowest BCUT2D eigenvalue weighted by atomic mass is 9.93. The highest BCUT2D eigenvalue weighted by atomic mass is 31.3. The van der Waals surface area contributed by atoms with Crippen LogP contribution in [-0.4, -0.2) is 116 Å². The Morgan fingerprint density at radius 2 is 1.11 bits per heavy atom. The zero-order valence-electron chi connectivity index (χ0n) is 17.8. The van der Waals surface area contributed by atoms with Crippen LogP contribution < -0.4 is 0 Å². The summed E-state index contributed by atoms with van der Waals surface area (Å²) in [6.07, 6.45) is -9.67. The fourth-order valence-electron chi connectivity index (χ4n) is 2.97. The molecule has 12 atom stereocenters. The first-order valence-electron chi connectivity index (χ1n) is 9.54. The summed E-state index contributed by atoms with van der Waals surface area (Å²) < 4.78 is 74.6. The molecule has 0 saturated carbocycles. The molecular formula is C12H25BO18P4. The van der Waals surface area contributed by atoms with Crippen LogP contribution in [0, 0.1) is 0 Å². The van der Waals surface area contributed by atoms with E-state index in [0.29, 0.717) is 0 Å². The highest BCUT2D eigenvalue weighted by molar-refractivity contribution is 7.76. The zero-order chi connectivity index (χ0) is 27.0. The van der Waals surface area contributed by atoms with Crippen molar-refractivity contribution >= 4 is 38.7 Å². The SMILES string of the molecule is [B][C@@H]1O[C@H](COP(=O)(O)OP(=O)(O)CP(=O)(O)OP(=O)(O)OC[C@H]2O[C@@H](C)C(O)[C@H]2O)C(O)C1O. The molecule has 204 valence electrons. The zero-order valence-corrected chi connectivity index (χ0v) is 21.3. The van der Waals surface area contributed by atoms with Crippen molar-refractivity contribution in [3.8, 4) is 0 Å². The smallest absolute Gasteiger partial charge is 0.388 e. The van der Waals surface area contributed by atoms with Crippen molar-refractivity contribution in [3.63, 3.8) is 0 Å². The summed E-state index contributed by atoms with van der Waals surface area (Å²) >= 11 is 0. The molecular weight excluding hydrogens is 567 g/mol. The summed E-state index contributed by atoms with van der Waals surface area (Å²) in [5.41, 5.74) is 0. The Kier molecular flexibility index (Phi) is 10.5. The number of phosphoric ester groups is 2. The fourth-order valence-corrected chi connectivity index (χ4v) is 9.75. The highest BCUT2D eigenvalue weighted by Crippen LogP contribution is 2.70. The number of ether oxygens (including phenoxy) is 2. The van der Waals surface area contributed by atoms with Gasteiger partial charge < -0.3 is 49.5 Å². The van der Waals surface area contributed by atoms with Gasteiger partial charge in [-0.15, -0.1) is 0 Å². The van der Waals surface area contributed by atoms with Gasteiger partial charge in [-0.2, -0.15) is 0 Å². The standard InChI is InChI=1S/C12H25BO18P4/c1-5-8(14)9(15)6(28-5)2-26-34(22,23)30-32(18,19)4-33(20,21)31-35(24,25)27-3-7-10(16)11(17)12(13)29-7/h5-12,14-17H,2-4H2,1H3,(H,18,19)(H,20,21)(H,22,23)(H,24,25)/t5-,6+,7+,8?,9-,10?,11?,12+/m0/s1. The van der Waals surface area contributed by atoms with E-state index in [-0.39, 0.29) is 0 Å². The van der Waals surface area contributed by atoms with Crippen molar-refractivity contribution in [1.29, 1.82) is 0 Å². The van der Waals surface area contributed by atoms with Gasteiger partial charge in [-0.05, 0) is 6.92 Å². The summed E-state index contributed by atoms with van der Waals surface area (Å²) in [5, 5.41) is 38.4. The highest BCUT2D eigenvalue weighted by Gasteiger charge is 2.47. The van der Waals surface area contributed by atoms with E-state index in [0.717, 1.165) is 0 Å². The average Bonchev–Trinajstić information content (AvgIpc) is 3.06. The van der Waals surface area contributed by atoms with E-state index in [1.165, 1.54) is 6.92 Å². The third-order valence-electron chi connectivity index (χ3n) is 4.62. The number of hydrogen-bond donors (Lipinski definition) is 8. The Bertz CT molecular complexity index is 861. The van der Waals surface area contributed by atoms with Crippen molar-refractivity contribution in [2.75, 3.05) is 19.1 Å².